The number of rotatable bonds is 6. The molecule has 0 aliphatic carbocycles. The number of thiophene rings is 1. The van der Waals surface area contributed by atoms with E-state index in [0.717, 1.165) is 24.3 Å². The highest BCUT2D eigenvalue weighted by Gasteiger charge is 2.18. The van der Waals surface area contributed by atoms with Crippen LogP contribution in [0.1, 0.15) is 17.7 Å². The maximum absolute atomic E-state index is 12.2. The molecule has 2 aromatic rings. The molecule has 124 valence electrons. The van der Waals surface area contributed by atoms with Crippen LogP contribution in [0.4, 0.5) is 11.6 Å². The number of anilines is 2. The van der Waals surface area contributed by atoms with E-state index in [1.54, 1.807) is 24.3 Å². The van der Waals surface area contributed by atoms with Crippen LogP contribution >= 0.6 is 11.3 Å². The summed E-state index contributed by atoms with van der Waals surface area (Å²) in [6.07, 6.45) is 2.33. The molecule has 1 atom stereocenters. The predicted octanol–water partition coefficient (Wildman–Crippen LogP) is 2.24. The molecule has 1 aliphatic rings. The highest BCUT2D eigenvalue weighted by Crippen LogP contribution is 2.22. The number of sulfonamides is 1. The summed E-state index contributed by atoms with van der Waals surface area (Å²) in [5, 5.41) is 11.0. The van der Waals surface area contributed by atoms with Crippen molar-refractivity contribution in [3.63, 3.8) is 0 Å². The Morgan fingerprint density at radius 3 is 2.65 bits per heavy atom. The number of nitrogens with one attached hydrogen (secondary N) is 2. The largest absolute Gasteiger partial charge is 0.376 e. The summed E-state index contributed by atoms with van der Waals surface area (Å²) < 4.78 is 32.6. The molecule has 3 rings (SSSR count). The van der Waals surface area contributed by atoms with E-state index < -0.39 is 10.0 Å². The van der Waals surface area contributed by atoms with E-state index >= 15 is 0 Å². The Labute approximate surface area is 139 Å². The first-order valence-electron chi connectivity index (χ1n) is 7.31. The van der Waals surface area contributed by atoms with Gasteiger partial charge in [0.25, 0.3) is 10.0 Å². The fraction of sp³-hybridized carbons (Fsp3) is 0.429. The van der Waals surface area contributed by atoms with Gasteiger partial charge in [0, 0.05) is 18.0 Å². The number of hydrogen-bond donors (Lipinski definition) is 2. The second-order valence-electron chi connectivity index (χ2n) is 5.29. The molecule has 23 heavy (non-hydrogen) atoms. The third-order valence-corrected chi connectivity index (χ3v) is 6.27. The summed E-state index contributed by atoms with van der Waals surface area (Å²) in [5.41, 5.74) is 0. The maximum Gasteiger partial charge on any atom is 0.272 e. The van der Waals surface area contributed by atoms with E-state index in [2.05, 4.69) is 20.2 Å². The van der Waals surface area contributed by atoms with Crippen molar-refractivity contribution in [2.24, 2.45) is 0 Å². The quantitative estimate of drug-likeness (QED) is 0.826. The third-order valence-electron chi connectivity index (χ3n) is 3.42. The van der Waals surface area contributed by atoms with Crippen LogP contribution in [-0.4, -0.2) is 37.9 Å². The lowest BCUT2D eigenvalue weighted by molar-refractivity contribution is 0.120. The zero-order chi connectivity index (χ0) is 16.3. The monoisotopic (exact) mass is 354 g/mol. The average molecular weight is 354 g/mol. The Hall–Kier alpha value is -1.71. The highest BCUT2D eigenvalue weighted by molar-refractivity contribution is 7.94. The lowest BCUT2D eigenvalue weighted by atomic mass is 10.2. The van der Waals surface area contributed by atoms with Gasteiger partial charge in [0.2, 0.25) is 0 Å². The van der Waals surface area contributed by atoms with Crippen molar-refractivity contribution in [3.05, 3.63) is 29.1 Å². The van der Waals surface area contributed by atoms with E-state index in [0.29, 0.717) is 12.4 Å². The second kappa shape index (κ2) is 6.81. The summed E-state index contributed by atoms with van der Waals surface area (Å²) >= 11 is 1.21. The lowest BCUT2D eigenvalue weighted by Crippen LogP contribution is -2.19. The third kappa shape index (κ3) is 4.18. The highest BCUT2D eigenvalue weighted by atomic mass is 32.2. The first kappa shape index (κ1) is 16.2. The zero-order valence-electron chi connectivity index (χ0n) is 12.7. The molecular weight excluding hydrogens is 336 g/mol. The van der Waals surface area contributed by atoms with Gasteiger partial charge in [-0.1, -0.05) is 0 Å². The van der Waals surface area contributed by atoms with Crippen molar-refractivity contribution in [1.82, 2.24) is 10.2 Å². The first-order valence-corrected chi connectivity index (χ1v) is 9.61. The average Bonchev–Trinajstić information content (AvgIpc) is 3.18. The topological polar surface area (TPSA) is 93.2 Å². The minimum atomic E-state index is -3.61. The molecule has 0 spiro atoms. The maximum atomic E-state index is 12.2. The smallest absolute Gasteiger partial charge is 0.272 e. The van der Waals surface area contributed by atoms with Crippen molar-refractivity contribution < 1.29 is 13.2 Å². The molecule has 2 N–H and O–H groups in total. The number of nitrogens with zero attached hydrogens (tertiary/aromatic N) is 2. The van der Waals surface area contributed by atoms with Crippen LogP contribution in [0.2, 0.25) is 0 Å². The number of ether oxygens (including phenoxy) is 1. The van der Waals surface area contributed by atoms with Gasteiger partial charge < -0.3 is 10.1 Å². The van der Waals surface area contributed by atoms with E-state index in [4.69, 9.17) is 4.74 Å². The van der Waals surface area contributed by atoms with E-state index in [1.807, 2.05) is 6.92 Å². The summed E-state index contributed by atoms with van der Waals surface area (Å²) in [5.74, 6) is 0.786. The summed E-state index contributed by atoms with van der Waals surface area (Å²) in [4.78, 5) is 0.935. The van der Waals surface area contributed by atoms with Crippen LogP contribution in [0.3, 0.4) is 0 Å². The van der Waals surface area contributed by atoms with Crippen molar-refractivity contribution >= 4 is 33.0 Å². The summed E-state index contributed by atoms with van der Waals surface area (Å²) in [6.45, 7) is 3.34. The molecule has 1 aliphatic heterocycles. The van der Waals surface area contributed by atoms with Gasteiger partial charge in [0.15, 0.2) is 5.82 Å². The van der Waals surface area contributed by atoms with Crippen LogP contribution in [-0.2, 0) is 14.8 Å². The van der Waals surface area contributed by atoms with Gasteiger partial charge in [-0.2, -0.15) is 0 Å². The van der Waals surface area contributed by atoms with E-state index in [1.165, 1.54) is 11.3 Å². The van der Waals surface area contributed by atoms with Gasteiger partial charge >= 0.3 is 0 Å². The van der Waals surface area contributed by atoms with Crippen LogP contribution in [0.15, 0.2) is 28.5 Å². The van der Waals surface area contributed by atoms with Crippen molar-refractivity contribution in [1.29, 1.82) is 0 Å². The molecule has 3 heterocycles. The summed E-state index contributed by atoms with van der Waals surface area (Å²) in [7, 11) is -3.61. The molecule has 1 fully saturated rings. The normalized spacial score (nSPS) is 18.0. The van der Waals surface area contributed by atoms with Crippen molar-refractivity contribution in [2.75, 3.05) is 23.2 Å². The molecule has 9 heteroatoms. The molecule has 1 unspecified atom stereocenters. The van der Waals surface area contributed by atoms with Crippen LogP contribution in [0, 0.1) is 6.92 Å². The van der Waals surface area contributed by atoms with Gasteiger partial charge in [-0.3, -0.25) is 4.72 Å². The molecule has 0 saturated carbocycles. The van der Waals surface area contributed by atoms with Gasteiger partial charge in [-0.15, -0.1) is 21.5 Å². The van der Waals surface area contributed by atoms with Crippen LogP contribution in [0.25, 0.3) is 0 Å². The molecule has 1 saturated heterocycles. The zero-order valence-corrected chi connectivity index (χ0v) is 14.3. The molecule has 2 aromatic heterocycles. The van der Waals surface area contributed by atoms with E-state index in [9.17, 15) is 8.42 Å². The molecule has 0 radical (unpaired) electrons. The minimum Gasteiger partial charge on any atom is -0.376 e. The molecular formula is C14H18N4O3S2. The van der Waals surface area contributed by atoms with E-state index in [-0.39, 0.29) is 16.1 Å². The molecule has 7 nitrogen and oxygen atoms in total. The second-order valence-corrected chi connectivity index (χ2v) is 8.49. The number of aromatic nitrogens is 2. The number of aryl methyl sites for hydroxylation is 1. The van der Waals surface area contributed by atoms with Crippen LogP contribution in [0.5, 0.6) is 0 Å². The Morgan fingerprint density at radius 1 is 1.26 bits per heavy atom. The first-order chi connectivity index (χ1) is 11.0. The van der Waals surface area contributed by atoms with Gasteiger partial charge in [0.05, 0.1) is 6.10 Å². The number of hydrogen-bond acceptors (Lipinski definition) is 7. The fourth-order valence-electron chi connectivity index (χ4n) is 2.25. The van der Waals surface area contributed by atoms with Crippen molar-refractivity contribution in [2.45, 2.75) is 30.1 Å². The standard InChI is InChI=1S/C14H18N4O3S2/c1-10-4-7-14(22-10)23(19,20)18-13-6-5-12(16-17-13)15-9-11-3-2-8-21-11/h4-7,11H,2-3,8-9H2,1H3,(H,15,16)(H,17,18). The summed E-state index contributed by atoms with van der Waals surface area (Å²) in [6, 6.07) is 6.62. The fourth-order valence-corrected chi connectivity index (χ4v) is 4.53. The van der Waals surface area contributed by atoms with Gasteiger partial charge in [0.1, 0.15) is 10.0 Å². The lowest BCUT2D eigenvalue weighted by Gasteiger charge is -2.11. The van der Waals surface area contributed by atoms with Gasteiger partial charge in [-0.05, 0) is 44.0 Å². The molecule has 0 aromatic carbocycles. The van der Waals surface area contributed by atoms with Crippen LogP contribution < -0.4 is 10.0 Å². The Bertz CT molecular complexity index is 753. The predicted molar refractivity (Wildman–Crippen MR) is 89.4 cm³/mol. The molecule has 0 amide bonds. The Kier molecular flexibility index (Phi) is 4.79. The van der Waals surface area contributed by atoms with Gasteiger partial charge in [-0.25, -0.2) is 8.42 Å². The molecule has 0 bridgehead atoms. The SMILES string of the molecule is Cc1ccc(S(=O)(=O)Nc2ccc(NCC3CCCO3)nn2)s1. The minimum absolute atomic E-state index is 0.193. The Morgan fingerprint density at radius 2 is 2.04 bits per heavy atom. The van der Waals surface area contributed by atoms with Crippen molar-refractivity contribution in [3.8, 4) is 0 Å². The Balaban J connectivity index is 1.60.